The van der Waals surface area contributed by atoms with Crippen LogP contribution < -0.4 is 15.0 Å². The number of urea groups is 1. The molecule has 0 radical (unpaired) electrons. The van der Waals surface area contributed by atoms with Crippen LogP contribution in [0, 0.1) is 6.92 Å². The van der Waals surface area contributed by atoms with Crippen molar-refractivity contribution in [1.29, 1.82) is 0 Å². The van der Waals surface area contributed by atoms with Gasteiger partial charge in [-0.25, -0.2) is 18.9 Å². The fraction of sp³-hybridized carbons (Fsp3) is 0.281. The normalized spacial score (nSPS) is 18.8. The minimum Gasteiger partial charge on any atom is -0.406 e. The quantitative estimate of drug-likeness (QED) is 0.228. The summed E-state index contributed by atoms with van der Waals surface area (Å²) in [5, 5.41) is 7.34. The third-order valence-corrected chi connectivity index (χ3v) is 8.51. The standard InChI is InChI=1S/C32H28F4N6O3S/c1-17(2)25-11-4-18(3)12-26(25)42-29(43)27(33)46-31(42)39-30(44)38-22-14-19-5-6-20(13-21(19)15-22)28-37-16-41(40-28)23-7-9-24(10-8-23)45-32(34,35)36/h4-13,16-17,22,27H,14-15H2,1-3H3,(H,38,44)/b39-31-. The number of alkyl halides is 4. The minimum atomic E-state index is -4.78. The number of aromatic nitrogens is 3. The van der Waals surface area contributed by atoms with E-state index in [0.717, 1.165) is 27.8 Å². The first-order valence-corrected chi connectivity index (χ1v) is 15.3. The molecule has 2 heterocycles. The molecule has 1 N–H and O–H groups in total. The Morgan fingerprint density at radius 3 is 2.52 bits per heavy atom. The molecule has 3 amide bonds. The Morgan fingerprint density at radius 1 is 1.07 bits per heavy atom. The molecular formula is C32H28F4N6O3S. The van der Waals surface area contributed by atoms with E-state index in [9.17, 15) is 27.2 Å². The lowest BCUT2D eigenvalue weighted by Crippen LogP contribution is -2.36. The lowest BCUT2D eigenvalue weighted by atomic mass is 9.99. The number of amidine groups is 1. The van der Waals surface area contributed by atoms with Crippen molar-refractivity contribution in [3.63, 3.8) is 0 Å². The summed E-state index contributed by atoms with van der Waals surface area (Å²) in [6.07, 6.45) is -2.25. The third-order valence-electron chi connectivity index (χ3n) is 7.61. The highest BCUT2D eigenvalue weighted by atomic mass is 32.2. The number of aryl methyl sites for hydroxylation is 1. The number of ether oxygens (including phenoxy) is 1. The number of rotatable bonds is 6. The van der Waals surface area contributed by atoms with Crippen LogP contribution in [-0.2, 0) is 17.6 Å². The fourth-order valence-corrected chi connectivity index (χ4v) is 6.32. The Kier molecular flexibility index (Phi) is 8.32. The van der Waals surface area contributed by atoms with Gasteiger partial charge in [-0.15, -0.1) is 18.3 Å². The molecule has 4 aromatic rings. The first-order valence-electron chi connectivity index (χ1n) is 14.4. The smallest absolute Gasteiger partial charge is 0.406 e. The zero-order valence-corrected chi connectivity index (χ0v) is 25.7. The van der Waals surface area contributed by atoms with Gasteiger partial charge < -0.3 is 10.1 Å². The molecule has 2 aliphatic rings. The number of hydrogen-bond donors (Lipinski definition) is 1. The highest BCUT2D eigenvalue weighted by Gasteiger charge is 2.41. The number of carbonyl (C=O) groups is 2. The summed E-state index contributed by atoms with van der Waals surface area (Å²) < 4.78 is 57.4. The second-order valence-electron chi connectivity index (χ2n) is 11.3. The Morgan fingerprint density at radius 2 is 1.80 bits per heavy atom. The molecule has 3 aromatic carbocycles. The van der Waals surface area contributed by atoms with Crippen LogP contribution in [0.2, 0.25) is 0 Å². The predicted octanol–water partition coefficient (Wildman–Crippen LogP) is 6.87. The van der Waals surface area contributed by atoms with Crippen molar-refractivity contribution in [1.82, 2.24) is 20.1 Å². The average molecular weight is 653 g/mol. The number of carbonyl (C=O) groups excluding carboxylic acids is 2. The van der Waals surface area contributed by atoms with Gasteiger partial charge in [0, 0.05) is 11.6 Å². The largest absolute Gasteiger partial charge is 0.573 e. The van der Waals surface area contributed by atoms with Gasteiger partial charge in [0.2, 0.25) is 5.50 Å². The van der Waals surface area contributed by atoms with E-state index >= 15 is 0 Å². The van der Waals surface area contributed by atoms with Crippen molar-refractivity contribution in [3.8, 4) is 22.8 Å². The van der Waals surface area contributed by atoms with E-state index in [1.54, 1.807) is 6.07 Å². The summed E-state index contributed by atoms with van der Waals surface area (Å²) in [6.45, 7) is 5.82. The summed E-state index contributed by atoms with van der Waals surface area (Å²) in [5.74, 6) is -0.637. The second kappa shape index (κ2) is 12.2. The van der Waals surface area contributed by atoms with E-state index in [1.165, 1.54) is 40.2 Å². The number of benzene rings is 3. The first-order chi connectivity index (χ1) is 21.8. The van der Waals surface area contributed by atoms with E-state index in [4.69, 9.17) is 0 Å². The molecule has 1 saturated heterocycles. The molecule has 0 bridgehead atoms. The molecule has 14 heteroatoms. The molecule has 46 heavy (non-hydrogen) atoms. The summed E-state index contributed by atoms with van der Waals surface area (Å²) in [5.41, 5.74) is 3.63. The zero-order valence-electron chi connectivity index (χ0n) is 24.9. The highest BCUT2D eigenvalue weighted by molar-refractivity contribution is 8.16. The molecule has 1 aliphatic carbocycles. The van der Waals surface area contributed by atoms with Gasteiger partial charge in [-0.3, -0.25) is 9.69 Å². The molecule has 238 valence electrons. The minimum absolute atomic E-state index is 0.00974. The van der Waals surface area contributed by atoms with Crippen molar-refractivity contribution < 1.29 is 31.9 Å². The number of nitrogens with one attached hydrogen (secondary N) is 1. The maximum atomic E-state index is 14.6. The second-order valence-corrected chi connectivity index (χ2v) is 12.3. The van der Waals surface area contributed by atoms with Crippen molar-refractivity contribution in [3.05, 3.63) is 89.2 Å². The van der Waals surface area contributed by atoms with Gasteiger partial charge >= 0.3 is 12.4 Å². The summed E-state index contributed by atoms with van der Waals surface area (Å²) in [4.78, 5) is 35.5. The number of anilines is 1. The van der Waals surface area contributed by atoms with Gasteiger partial charge in [-0.05, 0) is 96.1 Å². The van der Waals surface area contributed by atoms with Crippen LogP contribution >= 0.6 is 11.8 Å². The van der Waals surface area contributed by atoms with Crippen molar-refractivity contribution in [2.75, 3.05) is 4.90 Å². The first kappa shape index (κ1) is 31.3. The van der Waals surface area contributed by atoms with Gasteiger partial charge in [-0.2, -0.15) is 4.99 Å². The maximum absolute atomic E-state index is 14.6. The zero-order chi connectivity index (χ0) is 32.7. The molecule has 6 rings (SSSR count). The number of halogens is 4. The molecule has 0 spiro atoms. The van der Waals surface area contributed by atoms with E-state index in [0.29, 0.717) is 41.8 Å². The van der Waals surface area contributed by atoms with Crippen LogP contribution in [0.5, 0.6) is 5.75 Å². The molecule has 0 saturated carbocycles. The van der Waals surface area contributed by atoms with Crippen LogP contribution in [0.3, 0.4) is 0 Å². The van der Waals surface area contributed by atoms with Gasteiger partial charge in [0.15, 0.2) is 11.0 Å². The van der Waals surface area contributed by atoms with E-state index in [2.05, 4.69) is 25.1 Å². The van der Waals surface area contributed by atoms with Crippen molar-refractivity contribution in [2.45, 2.75) is 57.4 Å². The number of amides is 3. The summed E-state index contributed by atoms with van der Waals surface area (Å²) in [7, 11) is 0. The molecule has 1 aliphatic heterocycles. The SMILES string of the molecule is Cc1ccc(C(C)C)c(N2C(=O)C(F)S/C2=N\C(=O)NC2Cc3ccc(-c4ncn(-c5ccc(OC(F)(F)F)cc5)n4)cc3C2)c1. The Labute approximate surface area is 265 Å². The van der Waals surface area contributed by atoms with Crippen LogP contribution in [-0.4, -0.2) is 49.8 Å². The van der Waals surface area contributed by atoms with Crippen LogP contribution in [0.25, 0.3) is 17.1 Å². The molecular weight excluding hydrogens is 624 g/mol. The molecule has 2 atom stereocenters. The number of fused-ring (bicyclic) bond motifs is 1. The molecule has 1 aromatic heterocycles. The van der Waals surface area contributed by atoms with Gasteiger partial charge in [0.05, 0.1) is 11.4 Å². The van der Waals surface area contributed by atoms with Crippen molar-refractivity contribution >= 4 is 34.6 Å². The number of thioether (sulfide) groups is 1. The highest BCUT2D eigenvalue weighted by Crippen LogP contribution is 2.37. The molecule has 9 nitrogen and oxygen atoms in total. The fourth-order valence-electron chi connectivity index (χ4n) is 5.50. The Hall–Kier alpha value is -4.72. The molecule has 2 unspecified atom stereocenters. The lowest BCUT2D eigenvalue weighted by molar-refractivity contribution is -0.274. The van der Waals surface area contributed by atoms with Crippen LogP contribution in [0.1, 0.15) is 42.0 Å². The maximum Gasteiger partial charge on any atom is 0.573 e. The van der Waals surface area contributed by atoms with Crippen molar-refractivity contribution in [2.24, 2.45) is 4.99 Å². The lowest BCUT2D eigenvalue weighted by Gasteiger charge is -2.22. The summed E-state index contributed by atoms with van der Waals surface area (Å²) in [6, 6.07) is 15.7. The Bertz CT molecular complexity index is 1840. The summed E-state index contributed by atoms with van der Waals surface area (Å²) >= 11 is 0.611. The van der Waals surface area contributed by atoms with Crippen LogP contribution in [0.15, 0.2) is 72.0 Å². The Balaban J connectivity index is 1.14. The molecule has 1 fully saturated rings. The van der Waals surface area contributed by atoms with Gasteiger partial charge in [0.25, 0.3) is 5.91 Å². The van der Waals surface area contributed by atoms with Gasteiger partial charge in [-0.1, -0.05) is 38.1 Å². The number of hydrogen-bond acceptors (Lipinski definition) is 6. The predicted molar refractivity (Wildman–Crippen MR) is 166 cm³/mol. The van der Waals surface area contributed by atoms with Gasteiger partial charge in [0.1, 0.15) is 12.1 Å². The number of nitrogens with zero attached hydrogens (tertiary/aromatic N) is 5. The van der Waals surface area contributed by atoms with Crippen LogP contribution in [0.4, 0.5) is 28.0 Å². The third kappa shape index (κ3) is 6.62. The van der Waals surface area contributed by atoms with E-state index in [-0.39, 0.29) is 22.9 Å². The average Bonchev–Trinajstić information content (AvgIpc) is 3.69. The van der Waals surface area contributed by atoms with E-state index < -0.39 is 23.8 Å². The van der Waals surface area contributed by atoms with E-state index in [1.807, 2.05) is 51.1 Å². The monoisotopic (exact) mass is 652 g/mol. The number of aliphatic imine (C=N–C) groups is 1. The topological polar surface area (TPSA) is 102 Å².